The number of nitrogens with zero attached hydrogens (tertiary/aromatic N) is 3. The molecule has 1 aromatic heterocycles. The normalized spacial score (nSPS) is 10.8. The first-order chi connectivity index (χ1) is 12.4. The maximum absolute atomic E-state index is 12.3. The van der Waals surface area contributed by atoms with Gasteiger partial charge in [-0.25, -0.2) is 0 Å². The van der Waals surface area contributed by atoms with E-state index >= 15 is 0 Å². The Morgan fingerprint density at radius 2 is 1.69 bits per heavy atom. The molecule has 0 fully saturated rings. The lowest BCUT2D eigenvalue weighted by Crippen LogP contribution is -2.15. The van der Waals surface area contributed by atoms with Crippen LogP contribution in [0.1, 0.15) is 22.5 Å². The zero-order valence-corrected chi connectivity index (χ0v) is 16.2. The summed E-state index contributed by atoms with van der Waals surface area (Å²) in [6.07, 6.45) is 0. The van der Waals surface area contributed by atoms with Crippen LogP contribution in [0.2, 0.25) is 0 Å². The summed E-state index contributed by atoms with van der Waals surface area (Å²) >= 11 is 1.38. The largest absolute Gasteiger partial charge is 0.325 e. The summed E-state index contributed by atoms with van der Waals surface area (Å²) in [6.45, 7) is 7.99. The van der Waals surface area contributed by atoms with Crippen LogP contribution in [0.3, 0.4) is 0 Å². The molecule has 0 aliphatic heterocycles. The topological polar surface area (TPSA) is 59.8 Å². The summed E-state index contributed by atoms with van der Waals surface area (Å²) < 4.78 is 1.97. The number of carbonyl (C=O) groups excluding carboxylic acids is 1. The molecule has 6 heteroatoms. The molecule has 0 spiro atoms. The molecule has 0 aliphatic carbocycles. The molecule has 0 radical (unpaired) electrons. The van der Waals surface area contributed by atoms with Crippen LogP contribution in [0.4, 0.5) is 5.69 Å². The van der Waals surface area contributed by atoms with Gasteiger partial charge in [-0.1, -0.05) is 47.2 Å². The van der Waals surface area contributed by atoms with Gasteiger partial charge in [-0.2, -0.15) is 0 Å². The summed E-state index contributed by atoms with van der Waals surface area (Å²) in [6, 6.07) is 14.2. The molecule has 1 N–H and O–H groups in total. The second kappa shape index (κ2) is 7.74. The summed E-state index contributed by atoms with van der Waals surface area (Å²) in [7, 11) is 0. The molecule has 26 heavy (non-hydrogen) atoms. The fourth-order valence-electron chi connectivity index (χ4n) is 2.70. The Morgan fingerprint density at radius 1 is 1.00 bits per heavy atom. The summed E-state index contributed by atoms with van der Waals surface area (Å²) in [5.74, 6) is 1.02. The van der Waals surface area contributed by atoms with Gasteiger partial charge in [-0.15, -0.1) is 10.2 Å². The number of rotatable bonds is 5. The van der Waals surface area contributed by atoms with Crippen molar-refractivity contribution < 1.29 is 4.79 Å². The van der Waals surface area contributed by atoms with Crippen molar-refractivity contribution in [1.82, 2.24) is 14.8 Å². The smallest absolute Gasteiger partial charge is 0.234 e. The Labute approximate surface area is 157 Å². The molecule has 0 aliphatic rings. The minimum atomic E-state index is -0.0573. The van der Waals surface area contributed by atoms with Crippen LogP contribution >= 0.6 is 11.8 Å². The van der Waals surface area contributed by atoms with Gasteiger partial charge in [-0.05, 0) is 51.5 Å². The lowest BCUT2D eigenvalue weighted by atomic mass is 10.1. The van der Waals surface area contributed by atoms with Crippen molar-refractivity contribution in [3.8, 4) is 5.69 Å². The number of thioether (sulfide) groups is 1. The Morgan fingerprint density at radius 3 is 2.38 bits per heavy atom. The highest BCUT2D eigenvalue weighted by Crippen LogP contribution is 2.23. The van der Waals surface area contributed by atoms with Crippen LogP contribution < -0.4 is 5.32 Å². The maximum Gasteiger partial charge on any atom is 0.234 e. The van der Waals surface area contributed by atoms with Gasteiger partial charge in [-0.3, -0.25) is 9.36 Å². The van der Waals surface area contributed by atoms with Gasteiger partial charge in [0, 0.05) is 11.4 Å². The van der Waals surface area contributed by atoms with Crippen LogP contribution in [0.5, 0.6) is 0 Å². The highest BCUT2D eigenvalue weighted by molar-refractivity contribution is 7.99. The lowest BCUT2D eigenvalue weighted by molar-refractivity contribution is -0.113. The minimum absolute atomic E-state index is 0.0573. The standard InChI is InChI=1S/C20H22N4OS/c1-13-5-8-17(9-6-13)24-16(4)22-23-20(24)26-12-19(25)21-18-10-7-14(2)11-15(18)3/h5-11H,12H2,1-4H3,(H,21,25). The first-order valence-electron chi connectivity index (χ1n) is 8.43. The van der Waals surface area contributed by atoms with Crippen molar-refractivity contribution in [3.05, 3.63) is 65.0 Å². The second-order valence-corrected chi connectivity index (χ2v) is 7.30. The van der Waals surface area contributed by atoms with E-state index in [-0.39, 0.29) is 11.7 Å². The SMILES string of the molecule is Cc1ccc(-n2c(C)nnc2SCC(=O)Nc2ccc(C)cc2C)cc1. The number of amides is 1. The molecular formula is C20H22N4OS. The third-order valence-electron chi connectivity index (χ3n) is 4.08. The van der Waals surface area contributed by atoms with Crippen molar-refractivity contribution in [2.24, 2.45) is 0 Å². The fourth-order valence-corrected chi connectivity index (χ4v) is 3.50. The van der Waals surface area contributed by atoms with E-state index in [1.54, 1.807) is 0 Å². The monoisotopic (exact) mass is 366 g/mol. The van der Waals surface area contributed by atoms with E-state index in [2.05, 4.69) is 40.6 Å². The molecular weight excluding hydrogens is 344 g/mol. The van der Waals surface area contributed by atoms with Gasteiger partial charge in [0.2, 0.25) is 5.91 Å². The maximum atomic E-state index is 12.3. The highest BCUT2D eigenvalue weighted by atomic mass is 32.2. The predicted molar refractivity (Wildman–Crippen MR) is 106 cm³/mol. The Balaban J connectivity index is 1.70. The quantitative estimate of drug-likeness (QED) is 0.687. The van der Waals surface area contributed by atoms with Crippen LogP contribution in [-0.2, 0) is 4.79 Å². The van der Waals surface area contributed by atoms with Gasteiger partial charge >= 0.3 is 0 Å². The molecule has 134 valence electrons. The van der Waals surface area contributed by atoms with Crippen LogP contribution in [0.15, 0.2) is 47.6 Å². The molecule has 5 nitrogen and oxygen atoms in total. The van der Waals surface area contributed by atoms with Gasteiger partial charge in [0.15, 0.2) is 5.16 Å². The third-order valence-corrected chi connectivity index (χ3v) is 5.00. The van der Waals surface area contributed by atoms with E-state index in [4.69, 9.17) is 0 Å². The number of benzene rings is 2. The van der Waals surface area contributed by atoms with Crippen molar-refractivity contribution in [2.45, 2.75) is 32.9 Å². The molecule has 0 saturated carbocycles. The van der Waals surface area contributed by atoms with Crippen molar-refractivity contribution in [2.75, 3.05) is 11.1 Å². The molecule has 0 bridgehead atoms. The lowest BCUT2D eigenvalue weighted by Gasteiger charge is -2.10. The van der Waals surface area contributed by atoms with Crippen LogP contribution in [-0.4, -0.2) is 26.4 Å². The predicted octanol–water partition coefficient (Wildman–Crippen LogP) is 4.23. The van der Waals surface area contributed by atoms with Crippen LogP contribution in [0, 0.1) is 27.7 Å². The molecule has 3 aromatic rings. The Bertz CT molecular complexity index is 931. The van der Waals surface area contributed by atoms with E-state index in [9.17, 15) is 4.79 Å². The number of aryl methyl sites for hydroxylation is 4. The average molecular weight is 366 g/mol. The number of hydrogen-bond acceptors (Lipinski definition) is 4. The highest BCUT2D eigenvalue weighted by Gasteiger charge is 2.14. The summed E-state index contributed by atoms with van der Waals surface area (Å²) in [5.41, 5.74) is 5.27. The minimum Gasteiger partial charge on any atom is -0.325 e. The Hall–Kier alpha value is -2.60. The number of hydrogen-bond donors (Lipinski definition) is 1. The number of anilines is 1. The zero-order valence-electron chi connectivity index (χ0n) is 15.4. The number of carbonyl (C=O) groups is 1. The van der Waals surface area contributed by atoms with Gasteiger partial charge < -0.3 is 5.32 Å². The zero-order chi connectivity index (χ0) is 18.7. The van der Waals surface area contributed by atoms with E-state index in [0.29, 0.717) is 5.16 Å². The molecule has 1 amide bonds. The number of aromatic nitrogens is 3. The summed E-state index contributed by atoms with van der Waals surface area (Å²) in [5, 5.41) is 12.1. The molecule has 1 heterocycles. The van der Waals surface area contributed by atoms with Gasteiger partial charge in [0.25, 0.3) is 0 Å². The van der Waals surface area contributed by atoms with Gasteiger partial charge in [0.1, 0.15) is 5.82 Å². The second-order valence-electron chi connectivity index (χ2n) is 6.36. The van der Waals surface area contributed by atoms with Gasteiger partial charge in [0.05, 0.1) is 5.75 Å². The number of nitrogens with one attached hydrogen (secondary N) is 1. The Kier molecular flexibility index (Phi) is 5.42. The first-order valence-corrected chi connectivity index (χ1v) is 9.41. The fraction of sp³-hybridized carbons (Fsp3) is 0.250. The van der Waals surface area contributed by atoms with Crippen molar-refractivity contribution in [3.63, 3.8) is 0 Å². The molecule has 2 aromatic carbocycles. The first kappa shape index (κ1) is 18.2. The van der Waals surface area contributed by atoms with E-state index in [0.717, 1.165) is 22.8 Å². The van der Waals surface area contributed by atoms with Crippen molar-refractivity contribution >= 4 is 23.4 Å². The molecule has 0 atom stereocenters. The van der Waals surface area contributed by atoms with E-state index < -0.39 is 0 Å². The van der Waals surface area contributed by atoms with Crippen molar-refractivity contribution in [1.29, 1.82) is 0 Å². The molecule has 3 rings (SSSR count). The van der Waals surface area contributed by atoms with E-state index in [1.807, 2.05) is 49.6 Å². The molecule has 0 unspecified atom stereocenters. The third kappa shape index (κ3) is 4.14. The average Bonchev–Trinajstić information content (AvgIpc) is 2.97. The van der Waals surface area contributed by atoms with Crippen LogP contribution in [0.25, 0.3) is 5.69 Å². The molecule has 0 saturated heterocycles. The van der Waals surface area contributed by atoms with E-state index in [1.165, 1.54) is 22.9 Å². The summed E-state index contributed by atoms with van der Waals surface area (Å²) in [4.78, 5) is 12.3.